The minimum atomic E-state index is -3.94. The van der Waals surface area contributed by atoms with Crippen LogP contribution in [0, 0.1) is 0 Å². The molecular weight excluding hydrogens is 296 g/mol. The van der Waals surface area contributed by atoms with E-state index >= 15 is 0 Å². The molecule has 0 aliphatic heterocycles. The number of methoxy groups -OCH3 is 1. The number of carbonyl (C=O) groups excluding carboxylic acids is 1. The van der Waals surface area contributed by atoms with E-state index in [1.54, 1.807) is 6.92 Å². The normalized spacial score (nSPS) is 12.7. The van der Waals surface area contributed by atoms with Gasteiger partial charge in [0, 0.05) is 19.3 Å². The Hall–Kier alpha value is -1.84. The molecule has 0 heterocycles. The Bertz CT molecular complexity index is 603. The number of hydrogen-bond acceptors (Lipinski definition) is 6. The summed E-state index contributed by atoms with van der Waals surface area (Å²) in [5.74, 6) is -0.288. The Morgan fingerprint density at radius 3 is 2.67 bits per heavy atom. The van der Waals surface area contributed by atoms with Gasteiger partial charge in [-0.15, -0.1) is 0 Å². The van der Waals surface area contributed by atoms with Crippen LogP contribution in [0.3, 0.4) is 0 Å². The van der Waals surface area contributed by atoms with Crippen LogP contribution in [0.5, 0.6) is 0 Å². The average Bonchev–Trinajstić information content (AvgIpc) is 2.39. The number of ether oxygens (including phenoxy) is 1. The summed E-state index contributed by atoms with van der Waals surface area (Å²) in [7, 11) is -2.41. The van der Waals surface area contributed by atoms with Crippen LogP contribution >= 0.6 is 0 Å². The molecule has 1 aromatic rings. The lowest BCUT2D eigenvalue weighted by Crippen LogP contribution is -2.39. The Kier molecular flexibility index (Phi) is 5.94. The zero-order valence-electron chi connectivity index (χ0n) is 11.9. The van der Waals surface area contributed by atoms with E-state index in [1.807, 2.05) is 0 Å². The maximum absolute atomic E-state index is 11.8. The molecule has 0 aromatic heterocycles. The van der Waals surface area contributed by atoms with Crippen molar-refractivity contribution in [2.24, 2.45) is 5.14 Å². The first kappa shape index (κ1) is 17.2. The summed E-state index contributed by atoms with van der Waals surface area (Å²) in [5.41, 5.74) is 6.04. The number of sulfonamides is 1. The molecule has 1 aromatic carbocycles. The Morgan fingerprint density at radius 2 is 2.10 bits per heavy atom. The average molecular weight is 316 g/mol. The number of nitrogens with two attached hydrogens (primary N) is 2. The number of carbonyl (C=O) groups is 1. The summed E-state index contributed by atoms with van der Waals surface area (Å²) < 4.78 is 27.9. The van der Waals surface area contributed by atoms with Gasteiger partial charge >= 0.3 is 0 Å². The number of nitrogen functional groups attached to an aromatic ring is 1. The Balaban J connectivity index is 2.85. The molecule has 0 fully saturated rings. The van der Waals surface area contributed by atoms with Gasteiger partial charge in [0.05, 0.1) is 12.3 Å². The van der Waals surface area contributed by atoms with Crippen molar-refractivity contribution >= 4 is 27.3 Å². The molecule has 0 spiro atoms. The van der Waals surface area contributed by atoms with E-state index in [9.17, 15) is 13.2 Å². The van der Waals surface area contributed by atoms with Gasteiger partial charge < -0.3 is 21.1 Å². The quantitative estimate of drug-likeness (QED) is 0.394. The molecule has 0 aliphatic rings. The summed E-state index contributed by atoms with van der Waals surface area (Å²) in [6, 6.07) is 3.58. The van der Waals surface area contributed by atoms with E-state index in [1.165, 1.54) is 25.3 Å². The molecule has 8 nitrogen and oxygen atoms in total. The number of rotatable bonds is 7. The van der Waals surface area contributed by atoms with Crippen molar-refractivity contribution < 1.29 is 17.9 Å². The molecule has 21 heavy (non-hydrogen) atoms. The van der Waals surface area contributed by atoms with Gasteiger partial charge in [-0.1, -0.05) is 0 Å². The smallest absolute Gasteiger partial charge is 0.242 e. The molecule has 0 saturated carbocycles. The van der Waals surface area contributed by atoms with E-state index in [0.717, 1.165) is 0 Å². The fourth-order valence-electron chi connectivity index (χ4n) is 1.62. The van der Waals surface area contributed by atoms with Crippen LogP contribution < -0.4 is 21.5 Å². The number of amides is 1. The fraction of sp³-hybridized carbons (Fsp3) is 0.417. The van der Waals surface area contributed by atoms with Crippen LogP contribution in [0.15, 0.2) is 23.1 Å². The third-order valence-corrected chi connectivity index (χ3v) is 3.63. The second kappa shape index (κ2) is 7.25. The lowest BCUT2D eigenvalue weighted by Gasteiger charge is -2.17. The van der Waals surface area contributed by atoms with Gasteiger partial charge in [-0.25, -0.2) is 13.6 Å². The Labute approximate surface area is 123 Å². The summed E-state index contributed by atoms with van der Waals surface area (Å²) in [6.45, 7) is 2.36. The van der Waals surface area contributed by atoms with Crippen molar-refractivity contribution in [1.82, 2.24) is 5.32 Å². The molecule has 6 N–H and O–H groups in total. The van der Waals surface area contributed by atoms with Crippen molar-refractivity contribution in [2.75, 3.05) is 31.3 Å². The van der Waals surface area contributed by atoms with Gasteiger partial charge in [0.1, 0.15) is 10.9 Å². The molecular formula is C12H20N4O4S. The molecule has 0 radical (unpaired) electrons. The lowest BCUT2D eigenvalue weighted by molar-refractivity contribution is -0.121. The van der Waals surface area contributed by atoms with Gasteiger partial charge in [0.2, 0.25) is 15.9 Å². The van der Waals surface area contributed by atoms with Crippen LogP contribution in [0.25, 0.3) is 0 Å². The lowest BCUT2D eigenvalue weighted by atomic mass is 10.2. The van der Waals surface area contributed by atoms with Crippen molar-refractivity contribution in [1.29, 1.82) is 0 Å². The highest BCUT2D eigenvalue weighted by molar-refractivity contribution is 7.89. The van der Waals surface area contributed by atoms with Crippen molar-refractivity contribution in [3.63, 3.8) is 0 Å². The van der Waals surface area contributed by atoms with E-state index in [4.69, 9.17) is 15.6 Å². The second-order valence-corrected chi connectivity index (χ2v) is 5.98. The molecule has 0 aliphatic carbocycles. The highest BCUT2D eigenvalue weighted by Gasteiger charge is 2.18. The number of hydrogen-bond donors (Lipinski definition) is 4. The predicted octanol–water partition coefficient (Wildman–Crippen LogP) is -0.521. The molecule has 1 rings (SSSR count). The van der Waals surface area contributed by atoms with Crippen molar-refractivity contribution in [2.45, 2.75) is 17.9 Å². The molecule has 1 amide bonds. The summed E-state index contributed by atoms with van der Waals surface area (Å²) in [4.78, 5) is 11.7. The topological polar surface area (TPSA) is 137 Å². The highest BCUT2D eigenvalue weighted by Crippen LogP contribution is 2.23. The minimum absolute atomic E-state index is 0.154. The maximum atomic E-state index is 11.8. The summed E-state index contributed by atoms with van der Waals surface area (Å²) >= 11 is 0. The molecule has 0 saturated heterocycles. The largest absolute Gasteiger partial charge is 0.399 e. The van der Waals surface area contributed by atoms with Crippen LogP contribution in [0.4, 0.5) is 11.4 Å². The maximum Gasteiger partial charge on any atom is 0.242 e. The second-order valence-electron chi connectivity index (χ2n) is 4.45. The molecule has 9 heteroatoms. The van der Waals surface area contributed by atoms with E-state index < -0.39 is 16.1 Å². The fourth-order valence-corrected chi connectivity index (χ4v) is 2.36. The number of anilines is 2. The van der Waals surface area contributed by atoms with Crippen LogP contribution in [-0.2, 0) is 19.6 Å². The summed E-state index contributed by atoms with van der Waals surface area (Å²) in [6.07, 6.45) is 0. The van der Waals surface area contributed by atoms with E-state index in [0.29, 0.717) is 13.2 Å². The number of nitrogens with one attached hydrogen (secondary N) is 2. The first-order chi connectivity index (χ1) is 9.75. The highest BCUT2D eigenvalue weighted by atomic mass is 32.2. The van der Waals surface area contributed by atoms with Gasteiger partial charge in [0.15, 0.2) is 0 Å². The zero-order chi connectivity index (χ0) is 16.0. The molecule has 118 valence electrons. The third kappa shape index (κ3) is 5.21. The third-order valence-electron chi connectivity index (χ3n) is 2.68. The van der Waals surface area contributed by atoms with Crippen LogP contribution in [0.1, 0.15) is 6.92 Å². The monoisotopic (exact) mass is 316 g/mol. The predicted molar refractivity (Wildman–Crippen MR) is 80.2 cm³/mol. The summed E-state index contributed by atoms with van der Waals surface area (Å²) in [5, 5.41) is 10.6. The first-order valence-electron chi connectivity index (χ1n) is 6.21. The van der Waals surface area contributed by atoms with Crippen molar-refractivity contribution in [3.05, 3.63) is 18.2 Å². The van der Waals surface area contributed by atoms with Gasteiger partial charge in [0.25, 0.3) is 0 Å². The van der Waals surface area contributed by atoms with Gasteiger partial charge in [-0.05, 0) is 25.1 Å². The zero-order valence-corrected chi connectivity index (χ0v) is 12.7. The van der Waals surface area contributed by atoms with Crippen molar-refractivity contribution in [3.8, 4) is 0 Å². The SMILES string of the molecule is COCCNC(=O)C(C)Nc1ccc(N)cc1S(N)(=O)=O. The van der Waals surface area contributed by atoms with Crippen LogP contribution in [-0.4, -0.2) is 40.6 Å². The molecule has 1 atom stereocenters. The van der Waals surface area contributed by atoms with E-state index in [-0.39, 0.29) is 22.2 Å². The number of primary sulfonamides is 1. The standard InChI is InChI=1S/C12H20N4O4S/c1-8(12(17)15-5-6-20-2)16-10-4-3-9(13)7-11(10)21(14,18)19/h3-4,7-8,16H,5-6,13H2,1-2H3,(H,15,17)(H2,14,18,19). The van der Waals surface area contributed by atoms with Gasteiger partial charge in [-0.3, -0.25) is 4.79 Å². The molecule has 1 unspecified atom stereocenters. The Morgan fingerprint density at radius 1 is 1.43 bits per heavy atom. The van der Waals surface area contributed by atoms with Crippen LogP contribution in [0.2, 0.25) is 0 Å². The number of benzene rings is 1. The van der Waals surface area contributed by atoms with E-state index in [2.05, 4.69) is 10.6 Å². The first-order valence-corrected chi connectivity index (χ1v) is 7.76. The van der Waals surface area contributed by atoms with Gasteiger partial charge in [-0.2, -0.15) is 0 Å². The molecule has 0 bridgehead atoms. The minimum Gasteiger partial charge on any atom is -0.399 e.